The first-order valence-electron chi connectivity index (χ1n) is 8.65. The molecule has 0 bridgehead atoms. The second kappa shape index (κ2) is 5.07. The minimum absolute atomic E-state index is 0.444. The summed E-state index contributed by atoms with van der Waals surface area (Å²) in [6, 6.07) is 8.10. The van der Waals surface area contributed by atoms with Crippen LogP contribution in [0.2, 0.25) is 0 Å². The summed E-state index contributed by atoms with van der Waals surface area (Å²) in [4.78, 5) is 0. The molecule has 0 radical (unpaired) electrons. The van der Waals surface area contributed by atoms with Crippen molar-refractivity contribution >= 4 is 0 Å². The number of rotatable bonds is 2. The van der Waals surface area contributed by atoms with Crippen LogP contribution in [0, 0.1) is 27.7 Å². The molecule has 2 aromatic carbocycles. The van der Waals surface area contributed by atoms with E-state index in [1.807, 2.05) is 38.1 Å². The van der Waals surface area contributed by atoms with E-state index in [-0.39, 0.29) is 0 Å². The number of hydrogen-bond acceptors (Lipinski definition) is 4. The van der Waals surface area contributed by atoms with E-state index in [0.717, 1.165) is 23.0 Å². The van der Waals surface area contributed by atoms with Crippen molar-refractivity contribution in [3.63, 3.8) is 0 Å². The molecule has 0 aliphatic carbocycles. The number of fused-ring (bicyclic) bond motifs is 2. The Bertz CT molecular complexity index is 735. The van der Waals surface area contributed by atoms with E-state index < -0.39 is 11.6 Å². The van der Waals surface area contributed by atoms with E-state index in [9.17, 15) is 0 Å². The fourth-order valence-corrected chi connectivity index (χ4v) is 3.55. The molecule has 0 unspecified atom stereocenters. The quantitative estimate of drug-likeness (QED) is 0.772. The third-order valence-electron chi connectivity index (χ3n) is 5.07. The minimum Gasteiger partial charge on any atom is -0.448 e. The van der Waals surface area contributed by atoms with E-state index in [1.54, 1.807) is 0 Å². The van der Waals surface area contributed by atoms with Crippen molar-refractivity contribution in [1.82, 2.24) is 0 Å². The maximum atomic E-state index is 6.12. The summed E-state index contributed by atoms with van der Waals surface area (Å²) in [5.41, 5.74) is 4.74. The van der Waals surface area contributed by atoms with Crippen LogP contribution in [0.1, 0.15) is 42.5 Å². The lowest BCUT2D eigenvalue weighted by molar-refractivity contribution is -0.162. The number of aryl methyl sites for hydroxylation is 4. The maximum absolute atomic E-state index is 6.12. The van der Waals surface area contributed by atoms with Gasteiger partial charge in [0.25, 0.3) is 11.6 Å². The Labute approximate surface area is 148 Å². The Morgan fingerprint density at radius 2 is 0.800 bits per heavy atom. The summed E-state index contributed by atoms with van der Waals surface area (Å²) in [6.07, 6.45) is 0.444. The largest absolute Gasteiger partial charge is 0.448 e. The summed E-state index contributed by atoms with van der Waals surface area (Å²) in [5.74, 6) is 1.44. The normalized spacial score (nSPS) is 18.5. The number of ether oxygens (including phenoxy) is 4. The second-order valence-corrected chi connectivity index (χ2v) is 7.62. The maximum Gasteiger partial charge on any atom is 0.256 e. The molecule has 2 heterocycles. The molecular weight excluding hydrogens is 316 g/mol. The van der Waals surface area contributed by atoms with E-state index in [2.05, 4.69) is 27.7 Å². The Morgan fingerprint density at radius 1 is 0.560 bits per heavy atom. The van der Waals surface area contributed by atoms with Crippen molar-refractivity contribution in [2.75, 3.05) is 0 Å². The number of hydrogen-bond donors (Lipinski definition) is 0. The van der Waals surface area contributed by atoms with Gasteiger partial charge in [-0.2, -0.15) is 0 Å². The van der Waals surface area contributed by atoms with Gasteiger partial charge in [-0.05, 0) is 74.2 Å². The van der Waals surface area contributed by atoms with Crippen LogP contribution in [0.4, 0.5) is 0 Å². The van der Waals surface area contributed by atoms with Crippen molar-refractivity contribution in [1.29, 1.82) is 0 Å². The smallest absolute Gasteiger partial charge is 0.256 e. The molecule has 4 rings (SSSR count). The third kappa shape index (κ3) is 2.70. The highest BCUT2D eigenvalue weighted by Crippen LogP contribution is 2.48. The topological polar surface area (TPSA) is 36.9 Å². The van der Waals surface area contributed by atoms with Gasteiger partial charge in [0.2, 0.25) is 0 Å². The van der Waals surface area contributed by atoms with E-state index in [1.165, 1.54) is 22.3 Å². The Hall–Kier alpha value is -2.36. The first kappa shape index (κ1) is 16.1. The predicted octanol–water partition coefficient (Wildman–Crippen LogP) is 4.99. The summed E-state index contributed by atoms with van der Waals surface area (Å²) in [7, 11) is 0. The predicted molar refractivity (Wildman–Crippen MR) is 95.8 cm³/mol. The average Bonchev–Trinajstić information content (AvgIpc) is 2.95. The number of benzene rings is 2. The van der Waals surface area contributed by atoms with Gasteiger partial charge < -0.3 is 18.9 Å². The molecule has 0 fully saturated rings. The molecule has 0 N–H and O–H groups in total. The molecule has 2 aliphatic heterocycles. The Morgan fingerprint density at radius 3 is 1.04 bits per heavy atom. The molecule has 2 aromatic rings. The molecule has 4 nitrogen and oxygen atoms in total. The van der Waals surface area contributed by atoms with Gasteiger partial charge >= 0.3 is 0 Å². The second-order valence-electron chi connectivity index (χ2n) is 7.62. The Kier molecular flexibility index (Phi) is 3.27. The lowest BCUT2D eigenvalue weighted by atomic mass is 10.1. The van der Waals surface area contributed by atoms with Crippen molar-refractivity contribution in [2.24, 2.45) is 0 Å². The molecule has 0 atom stereocenters. The fourth-order valence-electron chi connectivity index (χ4n) is 3.55. The van der Waals surface area contributed by atoms with Crippen LogP contribution in [0.25, 0.3) is 0 Å². The zero-order valence-electron chi connectivity index (χ0n) is 15.6. The van der Waals surface area contributed by atoms with Crippen molar-refractivity contribution < 1.29 is 18.9 Å². The molecule has 2 aliphatic rings. The van der Waals surface area contributed by atoms with Crippen molar-refractivity contribution in [3.8, 4) is 23.0 Å². The van der Waals surface area contributed by atoms with E-state index in [0.29, 0.717) is 6.42 Å². The minimum atomic E-state index is -0.830. The highest BCUT2D eigenvalue weighted by Gasteiger charge is 2.49. The summed E-state index contributed by atoms with van der Waals surface area (Å²) in [6.45, 7) is 12.1. The van der Waals surface area contributed by atoms with Crippen molar-refractivity contribution in [3.05, 3.63) is 46.5 Å². The molecule has 25 heavy (non-hydrogen) atoms. The summed E-state index contributed by atoms with van der Waals surface area (Å²) < 4.78 is 24.5. The molecule has 0 amide bonds. The highest BCUT2D eigenvalue weighted by molar-refractivity contribution is 5.50. The highest BCUT2D eigenvalue weighted by atomic mass is 16.8. The van der Waals surface area contributed by atoms with Gasteiger partial charge in [-0.25, -0.2) is 0 Å². The van der Waals surface area contributed by atoms with Crippen LogP contribution < -0.4 is 18.9 Å². The van der Waals surface area contributed by atoms with Crippen LogP contribution in [-0.4, -0.2) is 11.6 Å². The van der Waals surface area contributed by atoms with Gasteiger partial charge in [-0.1, -0.05) is 0 Å². The lowest BCUT2D eigenvalue weighted by Crippen LogP contribution is -2.47. The fraction of sp³-hybridized carbons (Fsp3) is 0.429. The van der Waals surface area contributed by atoms with Gasteiger partial charge in [0, 0.05) is 13.8 Å². The van der Waals surface area contributed by atoms with Gasteiger partial charge in [0.15, 0.2) is 23.0 Å². The standard InChI is InChI=1S/C21H24O4/c1-12-7-16-17(8-13(12)2)23-20(5,22-16)11-21(6)24-18-9-14(3)15(4)10-19(18)25-21/h7-10H,11H2,1-6H3. The lowest BCUT2D eigenvalue weighted by Gasteiger charge is -2.31. The summed E-state index contributed by atoms with van der Waals surface area (Å²) >= 11 is 0. The first-order chi connectivity index (χ1) is 11.7. The van der Waals surface area contributed by atoms with Crippen LogP contribution in [0.3, 0.4) is 0 Å². The molecule has 0 spiro atoms. The summed E-state index contributed by atoms with van der Waals surface area (Å²) in [5, 5.41) is 0. The van der Waals surface area contributed by atoms with Crippen LogP contribution in [0.15, 0.2) is 24.3 Å². The van der Waals surface area contributed by atoms with E-state index >= 15 is 0 Å². The van der Waals surface area contributed by atoms with Crippen LogP contribution >= 0.6 is 0 Å². The van der Waals surface area contributed by atoms with Crippen molar-refractivity contribution in [2.45, 2.75) is 59.5 Å². The van der Waals surface area contributed by atoms with E-state index in [4.69, 9.17) is 18.9 Å². The van der Waals surface area contributed by atoms with Gasteiger partial charge in [-0.15, -0.1) is 0 Å². The monoisotopic (exact) mass is 340 g/mol. The van der Waals surface area contributed by atoms with Crippen LogP contribution in [0.5, 0.6) is 23.0 Å². The molecule has 0 aromatic heterocycles. The first-order valence-corrected chi connectivity index (χ1v) is 8.65. The van der Waals surface area contributed by atoms with Gasteiger partial charge in [0.05, 0.1) is 0 Å². The average molecular weight is 340 g/mol. The zero-order chi connectivity index (χ0) is 18.0. The van der Waals surface area contributed by atoms with Crippen LogP contribution in [-0.2, 0) is 0 Å². The Balaban J connectivity index is 1.57. The molecule has 0 saturated heterocycles. The molecule has 132 valence electrons. The SMILES string of the molecule is Cc1cc2c(cc1C)OC(C)(CC1(C)Oc3cc(C)c(C)cc3O1)O2. The third-order valence-corrected chi connectivity index (χ3v) is 5.07. The molecule has 0 saturated carbocycles. The molecular formula is C21H24O4. The van der Waals surface area contributed by atoms with Gasteiger partial charge in [-0.3, -0.25) is 0 Å². The zero-order valence-corrected chi connectivity index (χ0v) is 15.6. The molecule has 4 heteroatoms. The van der Waals surface area contributed by atoms with Gasteiger partial charge in [0.1, 0.15) is 6.42 Å².